The molecule has 2 heteroatoms. The summed E-state index contributed by atoms with van der Waals surface area (Å²) in [6.45, 7) is 8.53. The predicted octanol–water partition coefficient (Wildman–Crippen LogP) is 6.71. The minimum atomic E-state index is 0.890. The Bertz CT molecular complexity index is 1070. The molecule has 0 aliphatic heterocycles. The second-order valence-corrected chi connectivity index (χ2v) is 7.41. The monoisotopic (exact) mass is 364 g/mol. The maximum Gasteiger partial charge on any atom is 0.0893 e. The molecule has 0 aliphatic carbocycles. The number of pyridine rings is 2. The van der Waals surface area contributed by atoms with E-state index in [1.165, 1.54) is 22.3 Å². The van der Waals surface area contributed by atoms with Gasteiger partial charge in [0.05, 0.1) is 22.8 Å². The van der Waals surface area contributed by atoms with Gasteiger partial charge in [-0.05, 0) is 86.3 Å². The van der Waals surface area contributed by atoms with Gasteiger partial charge >= 0.3 is 0 Å². The third kappa shape index (κ3) is 3.59. The van der Waals surface area contributed by atoms with Crippen LogP contribution in [-0.2, 0) is 0 Å². The van der Waals surface area contributed by atoms with Crippen LogP contribution in [0.3, 0.4) is 0 Å². The molecule has 0 saturated heterocycles. The van der Waals surface area contributed by atoms with Crippen LogP contribution in [0.1, 0.15) is 22.3 Å². The molecule has 0 atom stereocenters. The van der Waals surface area contributed by atoms with Crippen LogP contribution < -0.4 is 0 Å². The highest BCUT2D eigenvalue weighted by atomic mass is 14.8. The van der Waals surface area contributed by atoms with E-state index < -0.39 is 0 Å². The van der Waals surface area contributed by atoms with Gasteiger partial charge < -0.3 is 0 Å². The number of aromatic nitrogens is 2. The maximum absolute atomic E-state index is 4.89. The average Bonchev–Trinajstić information content (AvgIpc) is 2.72. The molecule has 0 N–H and O–H groups in total. The molecule has 4 rings (SSSR count). The molecule has 0 fully saturated rings. The first-order valence-corrected chi connectivity index (χ1v) is 9.61. The molecule has 4 aromatic rings. The second-order valence-electron chi connectivity index (χ2n) is 7.41. The molecule has 0 saturated carbocycles. The number of hydrogen-bond donors (Lipinski definition) is 0. The van der Waals surface area contributed by atoms with Crippen molar-refractivity contribution in [3.8, 4) is 33.9 Å². The number of nitrogens with zero attached hydrogens (tertiary/aromatic N) is 2. The third-order valence-electron chi connectivity index (χ3n) is 5.37. The van der Waals surface area contributed by atoms with Gasteiger partial charge in [0.15, 0.2) is 0 Å². The largest absolute Gasteiger partial charge is 0.246 e. The number of rotatable bonds is 3. The zero-order valence-electron chi connectivity index (χ0n) is 16.8. The first-order valence-electron chi connectivity index (χ1n) is 9.61. The van der Waals surface area contributed by atoms with E-state index in [4.69, 9.17) is 9.97 Å². The predicted molar refractivity (Wildman–Crippen MR) is 117 cm³/mol. The smallest absolute Gasteiger partial charge is 0.0893 e. The lowest BCUT2D eigenvalue weighted by atomic mass is 10.0. The van der Waals surface area contributed by atoms with Gasteiger partial charge in [-0.25, -0.2) is 9.97 Å². The minimum absolute atomic E-state index is 0.890. The quantitative estimate of drug-likeness (QED) is 0.404. The van der Waals surface area contributed by atoms with E-state index in [0.717, 1.165) is 33.9 Å². The Balaban J connectivity index is 1.73. The SMILES string of the molecule is Cc1ccc(-c2cccc(-c3cccc(-c4ccc(C)c(C)c4)n3)n2)cc1C. The highest BCUT2D eigenvalue weighted by molar-refractivity contribution is 5.68. The van der Waals surface area contributed by atoms with Gasteiger partial charge in [-0.3, -0.25) is 0 Å². The number of benzene rings is 2. The lowest BCUT2D eigenvalue weighted by molar-refractivity contribution is 1.24. The van der Waals surface area contributed by atoms with Gasteiger partial charge in [0.25, 0.3) is 0 Å². The Morgan fingerprint density at radius 2 is 0.821 bits per heavy atom. The van der Waals surface area contributed by atoms with Gasteiger partial charge in [-0.2, -0.15) is 0 Å². The molecule has 2 nitrogen and oxygen atoms in total. The van der Waals surface area contributed by atoms with E-state index in [0.29, 0.717) is 0 Å². The standard InChI is InChI=1S/C26H24N2/c1-17-11-13-21(15-19(17)3)23-7-5-9-25(27-23)26-10-6-8-24(28-26)22-14-12-18(2)20(4)16-22/h5-16H,1-4H3. The van der Waals surface area contributed by atoms with E-state index >= 15 is 0 Å². The fraction of sp³-hybridized carbons (Fsp3) is 0.154. The van der Waals surface area contributed by atoms with E-state index in [1.807, 2.05) is 12.1 Å². The summed E-state index contributed by atoms with van der Waals surface area (Å²) in [5.74, 6) is 0. The Morgan fingerprint density at radius 3 is 1.21 bits per heavy atom. The summed E-state index contributed by atoms with van der Waals surface area (Å²) < 4.78 is 0. The van der Waals surface area contributed by atoms with Crippen molar-refractivity contribution < 1.29 is 0 Å². The lowest BCUT2D eigenvalue weighted by Crippen LogP contribution is -1.93. The highest BCUT2D eigenvalue weighted by Gasteiger charge is 2.08. The fourth-order valence-electron chi connectivity index (χ4n) is 3.28. The summed E-state index contributed by atoms with van der Waals surface area (Å²) >= 11 is 0. The molecule has 0 unspecified atom stereocenters. The van der Waals surface area contributed by atoms with Gasteiger partial charge in [0.2, 0.25) is 0 Å². The van der Waals surface area contributed by atoms with Crippen molar-refractivity contribution in [2.75, 3.05) is 0 Å². The summed E-state index contributed by atoms with van der Waals surface area (Å²) in [6, 6.07) is 25.2. The van der Waals surface area contributed by atoms with E-state index in [1.54, 1.807) is 0 Å². The van der Waals surface area contributed by atoms with Gasteiger partial charge in [0.1, 0.15) is 0 Å². The molecule has 138 valence electrons. The topological polar surface area (TPSA) is 25.8 Å². The van der Waals surface area contributed by atoms with Crippen LogP contribution in [-0.4, -0.2) is 9.97 Å². The molecule has 0 bridgehead atoms. The van der Waals surface area contributed by atoms with Crippen molar-refractivity contribution in [1.29, 1.82) is 0 Å². The van der Waals surface area contributed by atoms with E-state index in [2.05, 4.69) is 88.4 Å². The summed E-state index contributed by atoms with van der Waals surface area (Å²) in [5.41, 5.74) is 11.1. The van der Waals surface area contributed by atoms with Crippen LogP contribution in [0.5, 0.6) is 0 Å². The Labute approximate surface area is 167 Å². The van der Waals surface area contributed by atoms with Crippen molar-refractivity contribution in [3.05, 3.63) is 95.1 Å². The zero-order valence-corrected chi connectivity index (χ0v) is 16.8. The van der Waals surface area contributed by atoms with Crippen LogP contribution in [0.2, 0.25) is 0 Å². The van der Waals surface area contributed by atoms with Crippen LogP contribution in [0.25, 0.3) is 33.9 Å². The highest BCUT2D eigenvalue weighted by Crippen LogP contribution is 2.26. The average molecular weight is 364 g/mol. The molecular formula is C26H24N2. The normalized spacial score (nSPS) is 10.9. The van der Waals surface area contributed by atoms with Crippen LogP contribution in [0, 0.1) is 27.7 Å². The molecule has 2 aromatic heterocycles. The van der Waals surface area contributed by atoms with Crippen molar-refractivity contribution in [2.45, 2.75) is 27.7 Å². The van der Waals surface area contributed by atoms with Gasteiger partial charge in [-0.1, -0.05) is 36.4 Å². The van der Waals surface area contributed by atoms with Crippen molar-refractivity contribution in [2.24, 2.45) is 0 Å². The molecule has 0 radical (unpaired) electrons. The number of aryl methyl sites for hydroxylation is 4. The molecule has 2 aromatic carbocycles. The van der Waals surface area contributed by atoms with Crippen LogP contribution >= 0.6 is 0 Å². The lowest BCUT2D eigenvalue weighted by Gasteiger charge is -2.09. The minimum Gasteiger partial charge on any atom is -0.246 e. The summed E-state index contributed by atoms with van der Waals surface area (Å²) in [7, 11) is 0. The molecule has 28 heavy (non-hydrogen) atoms. The Hall–Kier alpha value is -3.26. The summed E-state index contributed by atoms with van der Waals surface area (Å²) in [4.78, 5) is 9.78. The number of hydrogen-bond acceptors (Lipinski definition) is 2. The van der Waals surface area contributed by atoms with Crippen LogP contribution in [0.15, 0.2) is 72.8 Å². The first-order chi connectivity index (χ1) is 13.5. The van der Waals surface area contributed by atoms with Crippen molar-refractivity contribution in [1.82, 2.24) is 9.97 Å². The van der Waals surface area contributed by atoms with Crippen molar-refractivity contribution in [3.63, 3.8) is 0 Å². The first kappa shape index (κ1) is 18.1. The van der Waals surface area contributed by atoms with E-state index in [-0.39, 0.29) is 0 Å². The third-order valence-corrected chi connectivity index (χ3v) is 5.37. The van der Waals surface area contributed by atoms with Crippen LogP contribution in [0.4, 0.5) is 0 Å². The van der Waals surface area contributed by atoms with Crippen molar-refractivity contribution >= 4 is 0 Å². The Morgan fingerprint density at radius 1 is 0.429 bits per heavy atom. The second kappa shape index (κ2) is 7.40. The summed E-state index contributed by atoms with van der Waals surface area (Å²) in [6.07, 6.45) is 0. The van der Waals surface area contributed by atoms with Gasteiger partial charge in [0, 0.05) is 11.1 Å². The fourth-order valence-corrected chi connectivity index (χ4v) is 3.28. The van der Waals surface area contributed by atoms with E-state index in [9.17, 15) is 0 Å². The summed E-state index contributed by atoms with van der Waals surface area (Å²) in [5, 5.41) is 0. The molecular weight excluding hydrogens is 340 g/mol. The van der Waals surface area contributed by atoms with Gasteiger partial charge in [-0.15, -0.1) is 0 Å². The maximum atomic E-state index is 4.89. The molecule has 0 spiro atoms. The molecule has 0 aliphatic rings. The zero-order chi connectivity index (χ0) is 19.7. The molecule has 0 amide bonds. The molecule has 2 heterocycles. The Kier molecular flexibility index (Phi) is 4.79.